The number of para-hydroxylation sites is 4. The molecule has 0 amide bonds. The lowest BCUT2D eigenvalue weighted by atomic mass is 10.0. The van der Waals surface area contributed by atoms with E-state index in [4.69, 9.17) is 15.0 Å². The lowest BCUT2D eigenvalue weighted by molar-refractivity contribution is 1.32. The van der Waals surface area contributed by atoms with Gasteiger partial charge < -0.3 is 0 Å². The average Bonchev–Trinajstić information content (AvgIpc) is 2.75. The first-order chi connectivity index (χ1) is 13.9. The van der Waals surface area contributed by atoms with Gasteiger partial charge in [-0.05, 0) is 45.9 Å². The Morgan fingerprint density at radius 1 is 0.571 bits per heavy atom. The van der Waals surface area contributed by atoms with Crippen LogP contribution in [-0.2, 0) is 0 Å². The van der Waals surface area contributed by atoms with E-state index in [1.165, 1.54) is 15.6 Å². The standard InChI is InChI=1S/C24H14N3Si/c1-2-10-18-17(9-1)25-20-12-5-7-15(23(20)27-18)16-8-6-13-21-24(16)28-22-14-4-3-11-19(22)26-21/h1-14H. The lowest BCUT2D eigenvalue weighted by Crippen LogP contribution is -2.21. The smallest absolute Gasteiger partial charge is 0.0972 e. The molecule has 28 heavy (non-hydrogen) atoms. The maximum atomic E-state index is 4.96. The van der Waals surface area contributed by atoms with Crippen LogP contribution in [0.1, 0.15) is 0 Å². The number of fused-ring (bicyclic) bond motifs is 4. The van der Waals surface area contributed by atoms with Crippen LogP contribution in [-0.4, -0.2) is 19.1 Å². The second kappa shape index (κ2) is 6.01. The highest BCUT2D eigenvalue weighted by molar-refractivity contribution is 6.51. The van der Waals surface area contributed by atoms with Crippen LogP contribution in [0.4, 0.5) is 5.69 Å². The highest BCUT2D eigenvalue weighted by Crippen LogP contribution is 2.29. The molecule has 2 heterocycles. The van der Waals surface area contributed by atoms with Gasteiger partial charge in [-0.3, -0.25) is 0 Å². The van der Waals surface area contributed by atoms with Gasteiger partial charge in [0.1, 0.15) is 0 Å². The van der Waals surface area contributed by atoms with Crippen molar-refractivity contribution < 1.29 is 0 Å². The molecule has 0 unspecified atom stereocenters. The third kappa shape index (κ3) is 2.35. The van der Waals surface area contributed by atoms with Crippen LogP contribution < -0.4 is 10.5 Å². The molecule has 1 aliphatic heterocycles. The maximum Gasteiger partial charge on any atom is 0.0972 e. The van der Waals surface area contributed by atoms with Crippen molar-refractivity contribution >= 4 is 42.1 Å². The Morgan fingerprint density at radius 2 is 1.29 bits per heavy atom. The summed E-state index contributed by atoms with van der Waals surface area (Å²) < 4.78 is 0. The molecule has 0 saturated heterocycles. The predicted molar refractivity (Wildman–Crippen MR) is 114 cm³/mol. The zero-order chi connectivity index (χ0) is 18.5. The Kier molecular flexibility index (Phi) is 3.33. The summed E-state index contributed by atoms with van der Waals surface area (Å²) in [6, 6.07) is 29.1. The van der Waals surface area contributed by atoms with Gasteiger partial charge in [-0.25, -0.2) is 15.0 Å². The highest BCUT2D eigenvalue weighted by atomic mass is 28.2. The van der Waals surface area contributed by atoms with Gasteiger partial charge in [0.15, 0.2) is 0 Å². The fourth-order valence-electron chi connectivity index (χ4n) is 3.79. The molecule has 0 N–H and O–H groups in total. The van der Waals surface area contributed by atoms with Crippen LogP contribution in [0.25, 0.3) is 33.2 Å². The van der Waals surface area contributed by atoms with Gasteiger partial charge in [-0.15, -0.1) is 0 Å². The Morgan fingerprint density at radius 3 is 2.21 bits per heavy atom. The molecule has 129 valence electrons. The molecule has 0 saturated carbocycles. The van der Waals surface area contributed by atoms with Crippen molar-refractivity contribution in [1.82, 2.24) is 9.97 Å². The fraction of sp³-hybridized carbons (Fsp3) is 0. The molecule has 0 spiro atoms. The molecule has 0 bridgehead atoms. The van der Waals surface area contributed by atoms with Crippen molar-refractivity contribution in [3.63, 3.8) is 0 Å². The molecule has 0 aliphatic carbocycles. The van der Waals surface area contributed by atoms with E-state index in [2.05, 4.69) is 48.5 Å². The van der Waals surface area contributed by atoms with Crippen molar-refractivity contribution in [3.8, 4) is 11.1 Å². The van der Waals surface area contributed by atoms with Crippen LogP contribution in [0.2, 0.25) is 0 Å². The normalized spacial score (nSPS) is 12.1. The second-order valence-electron chi connectivity index (χ2n) is 6.84. The first kappa shape index (κ1) is 15.5. The van der Waals surface area contributed by atoms with Crippen molar-refractivity contribution in [2.45, 2.75) is 0 Å². The molecule has 4 aromatic carbocycles. The summed E-state index contributed by atoms with van der Waals surface area (Å²) in [7, 11) is 0.579. The number of nitrogens with zero attached hydrogens (tertiary/aromatic N) is 3. The van der Waals surface area contributed by atoms with E-state index >= 15 is 0 Å². The Bertz CT molecular complexity index is 1520. The zero-order valence-electron chi connectivity index (χ0n) is 14.9. The van der Waals surface area contributed by atoms with E-state index in [1.807, 2.05) is 36.4 Å². The Hall–Kier alpha value is -3.50. The zero-order valence-corrected chi connectivity index (χ0v) is 15.9. The molecular weight excluding hydrogens is 358 g/mol. The monoisotopic (exact) mass is 372 g/mol. The van der Waals surface area contributed by atoms with Gasteiger partial charge in [0.25, 0.3) is 0 Å². The summed E-state index contributed by atoms with van der Waals surface area (Å²) in [5.41, 5.74) is 7.08. The van der Waals surface area contributed by atoms with Gasteiger partial charge >= 0.3 is 0 Å². The number of aromatic nitrogens is 2. The van der Waals surface area contributed by atoms with Crippen LogP contribution in [0.5, 0.6) is 0 Å². The molecule has 1 radical (unpaired) electrons. The first-order valence-corrected chi connectivity index (χ1v) is 10.2. The van der Waals surface area contributed by atoms with Gasteiger partial charge in [-0.1, -0.05) is 54.6 Å². The van der Waals surface area contributed by atoms with Gasteiger partial charge in [-0.2, -0.15) is 0 Å². The molecule has 5 aromatic rings. The predicted octanol–water partition coefficient (Wildman–Crippen LogP) is 4.00. The van der Waals surface area contributed by atoms with Crippen molar-refractivity contribution in [3.05, 3.63) is 95.1 Å². The number of benzene rings is 4. The third-order valence-corrected chi connectivity index (χ3v) is 6.57. The maximum absolute atomic E-state index is 4.96. The fourth-order valence-corrected chi connectivity index (χ4v) is 5.13. The van der Waals surface area contributed by atoms with Crippen LogP contribution in [0.15, 0.2) is 89.9 Å². The third-order valence-electron chi connectivity index (χ3n) is 5.11. The SMILES string of the molecule is c1cc2c(c(-c3cccc4nc5ccccc5nc34)c1)[Si]=c1ccccc1=N2. The van der Waals surface area contributed by atoms with E-state index in [0.29, 0.717) is 9.13 Å². The van der Waals surface area contributed by atoms with E-state index in [9.17, 15) is 0 Å². The van der Waals surface area contributed by atoms with Crippen molar-refractivity contribution in [1.29, 1.82) is 0 Å². The van der Waals surface area contributed by atoms with Crippen molar-refractivity contribution in [2.75, 3.05) is 0 Å². The summed E-state index contributed by atoms with van der Waals surface area (Å²) in [5, 5.41) is 2.36. The minimum Gasteiger partial charge on any atom is -0.249 e. The Balaban J connectivity index is 1.68. The van der Waals surface area contributed by atoms with E-state index < -0.39 is 0 Å². The quantitative estimate of drug-likeness (QED) is 0.323. The number of hydrogen-bond acceptors (Lipinski definition) is 3. The number of rotatable bonds is 1. The van der Waals surface area contributed by atoms with E-state index in [1.54, 1.807) is 0 Å². The summed E-state index contributed by atoms with van der Waals surface area (Å²) in [6.45, 7) is 0. The molecule has 3 nitrogen and oxygen atoms in total. The number of hydrogen-bond donors (Lipinski definition) is 0. The summed E-state index contributed by atoms with van der Waals surface area (Å²) >= 11 is 0. The highest BCUT2D eigenvalue weighted by Gasteiger charge is 2.14. The molecule has 1 aliphatic rings. The molecule has 6 rings (SSSR count). The molecule has 4 heteroatoms. The van der Waals surface area contributed by atoms with E-state index in [0.717, 1.165) is 38.7 Å². The Labute approximate surface area is 163 Å². The summed E-state index contributed by atoms with van der Waals surface area (Å²) in [4.78, 5) is 16.0. The molecule has 0 atom stereocenters. The lowest BCUT2D eigenvalue weighted by Gasteiger charge is -2.13. The second-order valence-corrected chi connectivity index (χ2v) is 8.13. The topological polar surface area (TPSA) is 38.1 Å². The minimum atomic E-state index is 0.579. The van der Waals surface area contributed by atoms with E-state index in [-0.39, 0.29) is 0 Å². The first-order valence-electron chi connectivity index (χ1n) is 9.23. The van der Waals surface area contributed by atoms with Crippen molar-refractivity contribution in [2.24, 2.45) is 4.99 Å². The van der Waals surface area contributed by atoms with Gasteiger partial charge in [0.2, 0.25) is 0 Å². The molecule has 1 aromatic heterocycles. The van der Waals surface area contributed by atoms with Crippen LogP contribution in [0.3, 0.4) is 0 Å². The van der Waals surface area contributed by atoms with Gasteiger partial charge in [0.05, 0.1) is 42.2 Å². The van der Waals surface area contributed by atoms with Gasteiger partial charge in [0, 0.05) is 5.56 Å². The average molecular weight is 372 g/mol. The minimum absolute atomic E-state index is 0.579. The van der Waals surface area contributed by atoms with Crippen LogP contribution in [0, 0.1) is 4.81 Å². The summed E-state index contributed by atoms with van der Waals surface area (Å²) in [6.07, 6.45) is 0. The van der Waals surface area contributed by atoms with Crippen LogP contribution >= 0.6 is 0 Å². The molecular formula is C24H14N3Si. The molecule has 0 fully saturated rings. The summed E-state index contributed by atoms with van der Waals surface area (Å²) in [5.74, 6) is 0. The largest absolute Gasteiger partial charge is 0.249 e.